The molecule has 13 nitrogen and oxygen atoms in total. The van der Waals surface area contributed by atoms with Gasteiger partial charge in [-0.05, 0) is 32.9 Å². The lowest BCUT2D eigenvalue weighted by molar-refractivity contribution is -0.149. The molecule has 0 spiro atoms. The summed E-state index contributed by atoms with van der Waals surface area (Å²) in [6.07, 6.45) is -0.986. The number of ether oxygens (including phenoxy) is 2. The first kappa shape index (κ1) is 26.1. The number of aliphatic hydroxyl groups is 2. The van der Waals surface area contributed by atoms with Gasteiger partial charge in [0.05, 0.1) is 25.2 Å². The Bertz CT molecular complexity index is 1230. The molecular formula is C22H28N5O8P. The lowest BCUT2D eigenvalue weighted by Crippen LogP contribution is -2.38. The van der Waals surface area contributed by atoms with Gasteiger partial charge in [0.15, 0.2) is 11.9 Å². The van der Waals surface area contributed by atoms with Crippen LogP contribution < -0.4 is 9.61 Å². The molecule has 3 N–H and O–H groups in total. The van der Waals surface area contributed by atoms with Crippen molar-refractivity contribution in [1.29, 1.82) is 0 Å². The van der Waals surface area contributed by atoms with E-state index in [1.54, 1.807) is 44.2 Å². The Morgan fingerprint density at radius 3 is 2.67 bits per heavy atom. The monoisotopic (exact) mass is 521 g/mol. The quantitative estimate of drug-likeness (QED) is 0.261. The third-order valence-corrected chi connectivity index (χ3v) is 6.93. The fourth-order valence-corrected chi connectivity index (χ4v) is 5.08. The summed E-state index contributed by atoms with van der Waals surface area (Å²) in [6, 6.07) is 7.22. The molecule has 1 fully saturated rings. The van der Waals surface area contributed by atoms with Crippen molar-refractivity contribution in [1.82, 2.24) is 24.6 Å². The summed E-state index contributed by atoms with van der Waals surface area (Å²) < 4.78 is 37.2. The molecule has 3 heterocycles. The van der Waals surface area contributed by atoms with E-state index in [9.17, 15) is 19.6 Å². The predicted octanol–water partition coefficient (Wildman–Crippen LogP) is 1.58. The molecule has 1 unspecified atom stereocenters. The van der Waals surface area contributed by atoms with Gasteiger partial charge in [0.25, 0.3) is 0 Å². The molecule has 0 bridgehead atoms. The number of hydrogen-bond acceptors (Lipinski definition) is 11. The zero-order chi connectivity index (χ0) is 25.9. The highest BCUT2D eigenvalue weighted by Crippen LogP contribution is 2.46. The lowest BCUT2D eigenvalue weighted by Gasteiger charge is -2.25. The van der Waals surface area contributed by atoms with Crippen LogP contribution in [0.25, 0.3) is 11.2 Å². The van der Waals surface area contributed by atoms with E-state index in [0.29, 0.717) is 11.2 Å². The van der Waals surface area contributed by atoms with E-state index >= 15 is 0 Å². The first-order valence-corrected chi connectivity index (χ1v) is 12.8. The third kappa shape index (κ3) is 5.89. The SMILES string of the molecule is CC(C)OC(=O)[C@@H](C)NP(=O)(OC[C@H]1O[C@@H](n2cnc3cncnc32)[C@H](O)[C@@H]1O)Oc1ccccc1. The normalized spacial score (nSPS) is 24.5. The summed E-state index contributed by atoms with van der Waals surface area (Å²) >= 11 is 0. The number of rotatable bonds is 10. The fraction of sp³-hybridized carbons (Fsp3) is 0.455. The van der Waals surface area contributed by atoms with Gasteiger partial charge in [-0.15, -0.1) is 0 Å². The van der Waals surface area contributed by atoms with Gasteiger partial charge in [0, 0.05) is 0 Å². The highest BCUT2D eigenvalue weighted by atomic mass is 31.2. The minimum absolute atomic E-state index is 0.230. The molecule has 14 heteroatoms. The highest BCUT2D eigenvalue weighted by molar-refractivity contribution is 7.52. The molecule has 1 aliphatic heterocycles. The molecule has 4 rings (SSSR count). The van der Waals surface area contributed by atoms with Crippen LogP contribution in [0.4, 0.5) is 0 Å². The Kier molecular flexibility index (Phi) is 7.98. The standard InChI is InChI=1S/C22H28N5O8P/c1-13(2)33-22(30)14(3)26-36(31,35-15-7-5-4-6-8-15)32-10-17-18(28)19(29)21(34-17)27-12-25-16-9-23-11-24-20(16)27/h4-9,11-14,17-19,21,28-29H,10H2,1-3H3,(H,26,31)/t14-,17-,18-,19-,21-,36?/m1/s1. The van der Waals surface area contributed by atoms with Crippen molar-refractivity contribution in [3.05, 3.63) is 49.2 Å². The Hall–Kier alpha value is -2.93. The van der Waals surface area contributed by atoms with E-state index in [1.165, 1.54) is 30.3 Å². The second-order valence-corrected chi connectivity index (χ2v) is 10.2. The van der Waals surface area contributed by atoms with Crippen molar-refractivity contribution in [2.75, 3.05) is 6.61 Å². The van der Waals surface area contributed by atoms with Gasteiger partial charge in [0.2, 0.25) is 0 Å². The van der Waals surface area contributed by atoms with Gasteiger partial charge in [-0.3, -0.25) is 13.9 Å². The summed E-state index contributed by atoms with van der Waals surface area (Å²) in [4.78, 5) is 24.5. The van der Waals surface area contributed by atoms with Crippen LogP contribution in [0, 0.1) is 0 Å². The average molecular weight is 521 g/mol. The van der Waals surface area contributed by atoms with Crippen LogP contribution >= 0.6 is 7.75 Å². The number of para-hydroxylation sites is 1. The molecule has 1 aliphatic rings. The second kappa shape index (κ2) is 11.0. The number of fused-ring (bicyclic) bond motifs is 1. The first-order chi connectivity index (χ1) is 17.2. The van der Waals surface area contributed by atoms with Crippen molar-refractivity contribution >= 4 is 24.9 Å². The summed E-state index contributed by atoms with van der Waals surface area (Å²) in [5, 5.41) is 23.8. The molecule has 0 aliphatic carbocycles. The zero-order valence-electron chi connectivity index (χ0n) is 19.9. The number of aliphatic hydroxyl groups excluding tert-OH is 2. The van der Waals surface area contributed by atoms with Crippen molar-refractivity contribution in [3.8, 4) is 5.75 Å². The molecule has 1 aromatic carbocycles. The van der Waals surface area contributed by atoms with E-state index in [-0.39, 0.29) is 11.9 Å². The fourth-order valence-electron chi connectivity index (χ4n) is 3.57. The van der Waals surface area contributed by atoms with Crippen LogP contribution in [0.5, 0.6) is 5.75 Å². The number of carbonyl (C=O) groups excluding carboxylic acids is 1. The molecule has 0 amide bonds. The van der Waals surface area contributed by atoms with Crippen LogP contribution in [0.2, 0.25) is 0 Å². The van der Waals surface area contributed by atoms with Gasteiger partial charge in [-0.1, -0.05) is 18.2 Å². The molecule has 36 heavy (non-hydrogen) atoms. The van der Waals surface area contributed by atoms with Gasteiger partial charge in [-0.25, -0.2) is 19.5 Å². The summed E-state index contributed by atoms with van der Waals surface area (Å²) in [7, 11) is -4.18. The number of hydrogen-bond donors (Lipinski definition) is 3. The molecular weight excluding hydrogens is 493 g/mol. The summed E-state index contributed by atoms with van der Waals surface area (Å²) in [6.45, 7) is 4.41. The lowest BCUT2D eigenvalue weighted by atomic mass is 10.1. The van der Waals surface area contributed by atoms with Crippen LogP contribution in [0.3, 0.4) is 0 Å². The van der Waals surface area contributed by atoms with Crippen molar-refractivity contribution in [2.45, 2.75) is 57.5 Å². The highest BCUT2D eigenvalue weighted by Gasteiger charge is 2.46. The minimum Gasteiger partial charge on any atom is -0.462 e. The van der Waals surface area contributed by atoms with Crippen LogP contribution in [0.1, 0.15) is 27.0 Å². The second-order valence-electron chi connectivity index (χ2n) is 8.46. The van der Waals surface area contributed by atoms with E-state index in [4.69, 9.17) is 18.5 Å². The maximum absolute atomic E-state index is 13.6. The van der Waals surface area contributed by atoms with E-state index in [2.05, 4.69) is 20.0 Å². The summed E-state index contributed by atoms with van der Waals surface area (Å²) in [5.41, 5.74) is 0.884. The number of carbonyl (C=O) groups is 1. The molecule has 3 aromatic rings. The Morgan fingerprint density at radius 2 is 1.94 bits per heavy atom. The number of benzene rings is 1. The first-order valence-electron chi connectivity index (χ1n) is 11.3. The predicted molar refractivity (Wildman–Crippen MR) is 126 cm³/mol. The van der Waals surface area contributed by atoms with Crippen molar-refractivity contribution in [2.24, 2.45) is 0 Å². The maximum Gasteiger partial charge on any atom is 0.459 e. The molecule has 194 valence electrons. The van der Waals surface area contributed by atoms with Crippen LogP contribution in [0.15, 0.2) is 49.2 Å². The average Bonchev–Trinajstić information content (AvgIpc) is 3.39. The minimum atomic E-state index is -4.18. The largest absolute Gasteiger partial charge is 0.462 e. The number of nitrogens with one attached hydrogen (secondary N) is 1. The zero-order valence-corrected chi connectivity index (χ0v) is 20.8. The Balaban J connectivity index is 1.49. The Morgan fingerprint density at radius 1 is 1.19 bits per heavy atom. The molecule has 1 saturated heterocycles. The summed E-state index contributed by atoms with van der Waals surface area (Å²) in [5.74, 6) is -0.416. The number of imidazole rings is 1. The topological polar surface area (TPSA) is 167 Å². The van der Waals surface area contributed by atoms with Crippen molar-refractivity contribution in [3.63, 3.8) is 0 Å². The van der Waals surface area contributed by atoms with Gasteiger partial charge >= 0.3 is 13.7 Å². The van der Waals surface area contributed by atoms with E-state index in [0.717, 1.165) is 0 Å². The number of aromatic nitrogens is 4. The van der Waals surface area contributed by atoms with Gasteiger partial charge in [0.1, 0.15) is 41.9 Å². The molecule has 2 aromatic heterocycles. The van der Waals surface area contributed by atoms with Crippen molar-refractivity contribution < 1.29 is 38.1 Å². The smallest absolute Gasteiger partial charge is 0.459 e. The third-order valence-electron chi connectivity index (χ3n) is 5.28. The maximum atomic E-state index is 13.6. The molecule has 0 radical (unpaired) electrons. The number of esters is 1. The van der Waals surface area contributed by atoms with E-state index < -0.39 is 50.9 Å². The molecule has 0 saturated carbocycles. The van der Waals surface area contributed by atoms with Crippen LogP contribution in [-0.2, 0) is 23.4 Å². The van der Waals surface area contributed by atoms with Crippen LogP contribution in [-0.4, -0.2) is 72.8 Å². The Labute approximate surface area is 207 Å². The number of nitrogens with zero attached hydrogens (tertiary/aromatic N) is 4. The van der Waals surface area contributed by atoms with Gasteiger partial charge < -0.3 is 24.2 Å². The van der Waals surface area contributed by atoms with E-state index in [1.807, 2.05) is 0 Å². The van der Waals surface area contributed by atoms with Gasteiger partial charge in [-0.2, -0.15) is 5.09 Å². The molecule has 6 atom stereocenters.